The fourth-order valence-electron chi connectivity index (χ4n) is 3.57. The summed E-state index contributed by atoms with van der Waals surface area (Å²) in [6.45, 7) is 1.24. The second-order valence-corrected chi connectivity index (χ2v) is 6.86. The third-order valence-electron chi connectivity index (χ3n) is 5.03. The van der Waals surface area contributed by atoms with Crippen LogP contribution in [0.25, 0.3) is 11.0 Å². The van der Waals surface area contributed by atoms with Crippen LogP contribution in [0.5, 0.6) is 0 Å². The minimum atomic E-state index is -0.487. The van der Waals surface area contributed by atoms with Gasteiger partial charge in [0.1, 0.15) is 11.6 Å². The molecule has 1 aliphatic heterocycles. The minimum Gasteiger partial charge on any atom is -0.334 e. The van der Waals surface area contributed by atoms with Crippen LogP contribution in [0.4, 0.5) is 4.39 Å². The van der Waals surface area contributed by atoms with Crippen LogP contribution in [0, 0.1) is 5.82 Å². The zero-order valence-electron chi connectivity index (χ0n) is 13.6. The van der Waals surface area contributed by atoms with Crippen molar-refractivity contribution in [2.45, 2.75) is 24.8 Å². The van der Waals surface area contributed by atoms with Gasteiger partial charge in [0, 0.05) is 25.2 Å². The molecular weight excluding hydrogens is 319 g/mol. The number of rotatable bonds is 3. The number of hydrogen-bond acceptors (Lipinski definition) is 3. The van der Waals surface area contributed by atoms with Gasteiger partial charge >= 0.3 is 0 Å². The molecule has 2 fully saturated rings. The number of pyridine rings is 1. The summed E-state index contributed by atoms with van der Waals surface area (Å²) in [6, 6.07) is 9.63. The maximum atomic E-state index is 13.3. The Bertz CT molecular complexity index is 972. The molecular formula is C19H17FN4O. The van der Waals surface area contributed by atoms with Crippen molar-refractivity contribution >= 4 is 16.9 Å². The molecule has 0 unspecified atom stereocenters. The van der Waals surface area contributed by atoms with Gasteiger partial charge in [0.2, 0.25) is 0 Å². The van der Waals surface area contributed by atoms with Crippen LogP contribution in [-0.2, 0) is 0 Å². The SMILES string of the molecule is O=C(c1cncc(F)c1)N1CC(n2c(C3CC3)nc3ccccc32)C1. The third-order valence-corrected chi connectivity index (χ3v) is 5.03. The van der Waals surface area contributed by atoms with Crippen molar-refractivity contribution in [3.63, 3.8) is 0 Å². The standard InChI is InChI=1S/C19H17FN4O/c20-14-7-13(8-21-9-14)19(25)23-10-15(11-23)24-17-4-2-1-3-16(17)22-18(24)12-5-6-12/h1-4,7-9,12,15H,5-6,10-11H2. The Kier molecular flexibility index (Phi) is 3.13. The summed E-state index contributed by atoms with van der Waals surface area (Å²) in [5.74, 6) is 1.04. The number of amides is 1. The third kappa shape index (κ3) is 2.40. The van der Waals surface area contributed by atoms with Crippen LogP contribution in [-0.4, -0.2) is 38.4 Å². The number of hydrogen-bond donors (Lipinski definition) is 0. The van der Waals surface area contributed by atoms with Crippen LogP contribution in [0.3, 0.4) is 0 Å². The molecule has 1 aliphatic carbocycles. The van der Waals surface area contributed by atoms with Crippen LogP contribution in [0.2, 0.25) is 0 Å². The zero-order valence-corrected chi connectivity index (χ0v) is 13.6. The molecule has 1 saturated carbocycles. The first-order valence-corrected chi connectivity index (χ1v) is 8.57. The van der Waals surface area contributed by atoms with Crippen molar-refractivity contribution in [3.8, 4) is 0 Å². The summed E-state index contributed by atoms with van der Waals surface area (Å²) in [5, 5.41) is 0. The van der Waals surface area contributed by atoms with Gasteiger partial charge in [0.05, 0.1) is 28.8 Å². The number of halogens is 1. The van der Waals surface area contributed by atoms with E-state index in [2.05, 4.69) is 15.6 Å². The number of carbonyl (C=O) groups is 1. The summed E-state index contributed by atoms with van der Waals surface area (Å²) in [5.41, 5.74) is 2.45. The van der Waals surface area contributed by atoms with Gasteiger partial charge in [-0.25, -0.2) is 9.37 Å². The van der Waals surface area contributed by atoms with Gasteiger partial charge in [0.25, 0.3) is 5.91 Å². The zero-order chi connectivity index (χ0) is 17.0. The summed E-state index contributed by atoms with van der Waals surface area (Å²) in [4.78, 5) is 22.8. The average Bonchev–Trinajstić information content (AvgIpc) is 3.36. The van der Waals surface area contributed by atoms with E-state index < -0.39 is 5.82 Å². The molecule has 25 heavy (non-hydrogen) atoms. The highest BCUT2D eigenvalue weighted by molar-refractivity contribution is 5.94. The number of imidazole rings is 1. The summed E-state index contributed by atoms with van der Waals surface area (Å²) in [7, 11) is 0. The first-order valence-electron chi connectivity index (χ1n) is 8.57. The van der Waals surface area contributed by atoms with Gasteiger partial charge in [-0.2, -0.15) is 0 Å². The smallest absolute Gasteiger partial charge is 0.255 e. The van der Waals surface area contributed by atoms with Crippen molar-refractivity contribution in [2.24, 2.45) is 0 Å². The fraction of sp³-hybridized carbons (Fsp3) is 0.316. The Hall–Kier alpha value is -2.76. The van der Waals surface area contributed by atoms with E-state index in [0.29, 0.717) is 24.6 Å². The normalized spacial score (nSPS) is 17.7. The molecule has 3 heterocycles. The maximum absolute atomic E-state index is 13.3. The Morgan fingerprint density at radius 3 is 2.72 bits per heavy atom. The van der Waals surface area contributed by atoms with Crippen molar-refractivity contribution in [1.29, 1.82) is 0 Å². The van der Waals surface area contributed by atoms with Gasteiger partial charge in [-0.1, -0.05) is 12.1 Å². The fourth-order valence-corrected chi connectivity index (χ4v) is 3.57. The van der Waals surface area contributed by atoms with E-state index in [1.807, 2.05) is 18.2 Å². The van der Waals surface area contributed by atoms with E-state index in [-0.39, 0.29) is 11.9 Å². The molecule has 6 heteroatoms. The Morgan fingerprint density at radius 1 is 1.16 bits per heavy atom. The Morgan fingerprint density at radius 2 is 1.96 bits per heavy atom. The number of benzene rings is 1. The summed E-state index contributed by atoms with van der Waals surface area (Å²) in [6.07, 6.45) is 4.90. The van der Waals surface area contributed by atoms with Gasteiger partial charge in [0.15, 0.2) is 0 Å². The van der Waals surface area contributed by atoms with E-state index in [1.54, 1.807) is 4.90 Å². The van der Waals surface area contributed by atoms with E-state index in [0.717, 1.165) is 23.1 Å². The predicted octanol–water partition coefficient (Wildman–Crippen LogP) is 3.14. The lowest BCUT2D eigenvalue weighted by atomic mass is 10.1. The number of para-hydroxylation sites is 2. The lowest BCUT2D eigenvalue weighted by Crippen LogP contribution is -2.51. The van der Waals surface area contributed by atoms with Crippen molar-refractivity contribution < 1.29 is 9.18 Å². The Labute approximate surface area is 144 Å². The molecule has 0 N–H and O–H groups in total. The molecule has 126 valence electrons. The van der Waals surface area contributed by atoms with Gasteiger partial charge in [-0.05, 0) is 31.0 Å². The highest BCUT2D eigenvalue weighted by Gasteiger charge is 2.38. The van der Waals surface area contributed by atoms with Crippen molar-refractivity contribution in [1.82, 2.24) is 19.4 Å². The molecule has 0 radical (unpaired) electrons. The van der Waals surface area contributed by atoms with Gasteiger partial charge < -0.3 is 9.47 Å². The van der Waals surface area contributed by atoms with Crippen molar-refractivity contribution in [2.75, 3.05) is 13.1 Å². The molecule has 3 aromatic rings. The first kappa shape index (κ1) is 14.6. The number of aromatic nitrogens is 3. The Balaban J connectivity index is 1.41. The highest BCUT2D eigenvalue weighted by Crippen LogP contribution is 2.43. The van der Waals surface area contributed by atoms with Crippen LogP contribution < -0.4 is 0 Å². The molecule has 0 spiro atoms. The topological polar surface area (TPSA) is 51.0 Å². The largest absolute Gasteiger partial charge is 0.334 e. The number of fused-ring (bicyclic) bond motifs is 1. The molecule has 0 atom stereocenters. The number of likely N-dealkylation sites (tertiary alicyclic amines) is 1. The summed E-state index contributed by atoms with van der Waals surface area (Å²) < 4.78 is 15.6. The van der Waals surface area contributed by atoms with Crippen molar-refractivity contribution in [3.05, 3.63) is 59.9 Å². The molecule has 5 nitrogen and oxygen atoms in total. The van der Waals surface area contributed by atoms with Crippen LogP contribution in [0.1, 0.15) is 41.0 Å². The highest BCUT2D eigenvalue weighted by atomic mass is 19.1. The lowest BCUT2D eigenvalue weighted by molar-refractivity contribution is 0.0521. The second kappa shape index (κ2) is 5.37. The average molecular weight is 336 g/mol. The lowest BCUT2D eigenvalue weighted by Gasteiger charge is -2.41. The van der Waals surface area contributed by atoms with Gasteiger partial charge in [-0.15, -0.1) is 0 Å². The van der Waals surface area contributed by atoms with E-state index >= 15 is 0 Å². The maximum Gasteiger partial charge on any atom is 0.255 e. The predicted molar refractivity (Wildman–Crippen MR) is 90.8 cm³/mol. The molecule has 2 aromatic heterocycles. The quantitative estimate of drug-likeness (QED) is 0.738. The second-order valence-electron chi connectivity index (χ2n) is 6.86. The molecule has 1 amide bonds. The molecule has 1 saturated heterocycles. The molecule has 5 rings (SSSR count). The van der Waals surface area contributed by atoms with E-state index in [9.17, 15) is 9.18 Å². The molecule has 2 aliphatic rings. The monoisotopic (exact) mass is 336 g/mol. The van der Waals surface area contributed by atoms with Crippen LogP contribution >= 0.6 is 0 Å². The summed E-state index contributed by atoms with van der Waals surface area (Å²) >= 11 is 0. The number of carbonyl (C=O) groups excluding carboxylic acids is 1. The van der Waals surface area contributed by atoms with Crippen LogP contribution in [0.15, 0.2) is 42.7 Å². The first-order chi connectivity index (χ1) is 12.2. The molecule has 0 bridgehead atoms. The van der Waals surface area contributed by atoms with E-state index in [1.165, 1.54) is 25.1 Å². The minimum absolute atomic E-state index is 0.166. The molecule has 1 aromatic carbocycles. The van der Waals surface area contributed by atoms with E-state index in [4.69, 9.17) is 4.98 Å². The van der Waals surface area contributed by atoms with Gasteiger partial charge in [-0.3, -0.25) is 9.78 Å². The number of nitrogens with zero attached hydrogens (tertiary/aromatic N) is 4.